The lowest BCUT2D eigenvalue weighted by Gasteiger charge is -2.01. The van der Waals surface area contributed by atoms with Crippen molar-refractivity contribution in [2.24, 2.45) is 0 Å². The molecule has 4 heteroatoms. The number of nitrogens with one attached hydrogen (secondary N) is 1. The summed E-state index contributed by atoms with van der Waals surface area (Å²) in [6.45, 7) is 4.84. The van der Waals surface area contributed by atoms with Crippen molar-refractivity contribution in [1.82, 2.24) is 5.32 Å². The maximum atomic E-state index is 11.2. The number of esters is 1. The highest BCUT2D eigenvalue weighted by Gasteiger charge is 1.97. The average Bonchev–Trinajstić information content (AvgIpc) is 2.26. The number of hydrogen-bond donors (Lipinski definition) is 1. The summed E-state index contributed by atoms with van der Waals surface area (Å²) in [6, 6.07) is 0. The van der Waals surface area contributed by atoms with Crippen molar-refractivity contribution >= 4 is 11.9 Å². The number of amides is 1. The molecule has 0 aromatic carbocycles. The van der Waals surface area contributed by atoms with Gasteiger partial charge in [0.1, 0.15) is 0 Å². The topological polar surface area (TPSA) is 55.4 Å². The standard InChI is InChI=1S/C12H21NO3/c1-3-5-6-7-10-13-11(14)8-9-12(15)16-4-2/h8-9H,3-7,10H2,1-2H3,(H,13,14)/b9-8-. The molecule has 0 fully saturated rings. The molecular weight excluding hydrogens is 206 g/mol. The van der Waals surface area contributed by atoms with E-state index in [1.807, 2.05) is 0 Å². The lowest BCUT2D eigenvalue weighted by Crippen LogP contribution is -2.22. The SMILES string of the molecule is CCCCCCNC(=O)/C=C\C(=O)OCC. The van der Waals surface area contributed by atoms with Crippen LogP contribution in [0.4, 0.5) is 0 Å². The number of carbonyl (C=O) groups is 2. The largest absolute Gasteiger partial charge is 0.463 e. The molecule has 0 unspecified atom stereocenters. The first kappa shape index (κ1) is 14.7. The van der Waals surface area contributed by atoms with Gasteiger partial charge in [-0.15, -0.1) is 0 Å². The van der Waals surface area contributed by atoms with Crippen LogP contribution in [0.2, 0.25) is 0 Å². The van der Waals surface area contributed by atoms with Crippen molar-refractivity contribution in [1.29, 1.82) is 0 Å². The second-order valence-electron chi connectivity index (χ2n) is 3.44. The van der Waals surface area contributed by atoms with E-state index in [0.717, 1.165) is 18.9 Å². The fourth-order valence-electron chi connectivity index (χ4n) is 1.16. The maximum absolute atomic E-state index is 11.2. The maximum Gasteiger partial charge on any atom is 0.330 e. The Kier molecular flexibility index (Phi) is 9.36. The highest BCUT2D eigenvalue weighted by atomic mass is 16.5. The number of ether oxygens (including phenoxy) is 1. The van der Waals surface area contributed by atoms with E-state index in [2.05, 4.69) is 17.0 Å². The van der Waals surface area contributed by atoms with Crippen LogP contribution in [0.5, 0.6) is 0 Å². The molecule has 16 heavy (non-hydrogen) atoms. The van der Waals surface area contributed by atoms with Crippen LogP contribution in [0.25, 0.3) is 0 Å². The molecule has 0 radical (unpaired) electrons. The lowest BCUT2D eigenvalue weighted by molar-refractivity contribution is -0.137. The first-order valence-corrected chi connectivity index (χ1v) is 5.83. The minimum Gasteiger partial charge on any atom is -0.463 e. The molecule has 1 amide bonds. The van der Waals surface area contributed by atoms with Gasteiger partial charge in [-0.1, -0.05) is 26.2 Å². The zero-order chi connectivity index (χ0) is 12.2. The Bertz CT molecular complexity index is 236. The van der Waals surface area contributed by atoms with Gasteiger partial charge in [0.2, 0.25) is 5.91 Å². The zero-order valence-electron chi connectivity index (χ0n) is 10.1. The van der Waals surface area contributed by atoms with Gasteiger partial charge in [0.15, 0.2) is 0 Å². The second kappa shape index (κ2) is 10.2. The van der Waals surface area contributed by atoms with Crippen LogP contribution in [0.3, 0.4) is 0 Å². The van der Waals surface area contributed by atoms with Crippen molar-refractivity contribution in [2.75, 3.05) is 13.2 Å². The lowest BCUT2D eigenvalue weighted by atomic mass is 10.2. The van der Waals surface area contributed by atoms with Crippen LogP contribution in [0.1, 0.15) is 39.5 Å². The van der Waals surface area contributed by atoms with Gasteiger partial charge in [-0.3, -0.25) is 4.79 Å². The quantitative estimate of drug-likeness (QED) is 0.391. The predicted octanol–water partition coefficient (Wildman–Crippen LogP) is 1.80. The molecule has 1 N–H and O–H groups in total. The van der Waals surface area contributed by atoms with Crippen molar-refractivity contribution in [3.8, 4) is 0 Å². The summed E-state index contributed by atoms with van der Waals surface area (Å²) >= 11 is 0. The molecule has 0 atom stereocenters. The molecule has 92 valence electrons. The Morgan fingerprint density at radius 1 is 1.12 bits per heavy atom. The minimum absolute atomic E-state index is 0.246. The molecule has 0 aliphatic heterocycles. The molecule has 0 aliphatic carbocycles. The van der Waals surface area contributed by atoms with Crippen LogP contribution in [0, 0.1) is 0 Å². The summed E-state index contributed by atoms with van der Waals surface area (Å²) < 4.78 is 4.64. The molecule has 0 aromatic rings. The van der Waals surface area contributed by atoms with Crippen LogP contribution in [-0.2, 0) is 14.3 Å². The fourth-order valence-corrected chi connectivity index (χ4v) is 1.16. The predicted molar refractivity (Wildman–Crippen MR) is 62.9 cm³/mol. The summed E-state index contributed by atoms with van der Waals surface area (Å²) in [7, 11) is 0. The summed E-state index contributed by atoms with van der Waals surface area (Å²) in [5.74, 6) is -0.729. The van der Waals surface area contributed by atoms with Gasteiger partial charge in [-0.25, -0.2) is 4.79 Å². The van der Waals surface area contributed by atoms with E-state index < -0.39 is 5.97 Å². The van der Waals surface area contributed by atoms with Gasteiger partial charge in [-0.2, -0.15) is 0 Å². The first-order valence-electron chi connectivity index (χ1n) is 5.83. The summed E-state index contributed by atoms with van der Waals surface area (Å²) in [4.78, 5) is 22.1. The molecule has 0 bridgehead atoms. The number of hydrogen-bond acceptors (Lipinski definition) is 3. The molecule has 0 spiro atoms. The molecule has 0 rings (SSSR count). The molecule has 0 aromatic heterocycles. The van der Waals surface area contributed by atoms with E-state index >= 15 is 0 Å². The second-order valence-corrected chi connectivity index (χ2v) is 3.44. The Balaban J connectivity index is 3.54. The average molecular weight is 227 g/mol. The van der Waals surface area contributed by atoms with Gasteiger partial charge >= 0.3 is 5.97 Å². The van der Waals surface area contributed by atoms with Gasteiger partial charge in [0.05, 0.1) is 6.61 Å². The third-order valence-corrected chi connectivity index (χ3v) is 1.99. The fraction of sp³-hybridized carbons (Fsp3) is 0.667. The van der Waals surface area contributed by atoms with E-state index in [4.69, 9.17) is 0 Å². The normalized spacial score (nSPS) is 10.4. The molecule has 0 saturated heterocycles. The van der Waals surface area contributed by atoms with E-state index in [1.165, 1.54) is 18.9 Å². The third kappa shape index (κ3) is 9.24. The summed E-state index contributed by atoms with van der Waals surface area (Å²) in [6.07, 6.45) is 6.82. The monoisotopic (exact) mass is 227 g/mol. The number of carbonyl (C=O) groups excluding carboxylic acids is 2. The third-order valence-electron chi connectivity index (χ3n) is 1.99. The Hall–Kier alpha value is -1.32. The first-order chi connectivity index (χ1) is 7.70. The number of rotatable bonds is 8. The van der Waals surface area contributed by atoms with Crippen molar-refractivity contribution in [3.05, 3.63) is 12.2 Å². The van der Waals surface area contributed by atoms with Crippen LogP contribution in [-0.4, -0.2) is 25.0 Å². The smallest absolute Gasteiger partial charge is 0.330 e. The number of unbranched alkanes of at least 4 members (excludes halogenated alkanes) is 3. The Labute approximate surface area is 97.1 Å². The van der Waals surface area contributed by atoms with Crippen LogP contribution >= 0.6 is 0 Å². The molecule has 4 nitrogen and oxygen atoms in total. The van der Waals surface area contributed by atoms with Crippen LogP contribution < -0.4 is 5.32 Å². The van der Waals surface area contributed by atoms with Gasteiger partial charge < -0.3 is 10.1 Å². The zero-order valence-corrected chi connectivity index (χ0v) is 10.1. The molecular formula is C12H21NO3. The summed E-state index contributed by atoms with van der Waals surface area (Å²) in [5.41, 5.74) is 0. The molecule has 0 heterocycles. The van der Waals surface area contributed by atoms with Crippen LogP contribution in [0.15, 0.2) is 12.2 Å². The van der Waals surface area contributed by atoms with Crippen molar-refractivity contribution in [2.45, 2.75) is 39.5 Å². The highest BCUT2D eigenvalue weighted by molar-refractivity contribution is 5.94. The van der Waals surface area contributed by atoms with Crippen molar-refractivity contribution in [3.63, 3.8) is 0 Å². The molecule has 0 aliphatic rings. The Morgan fingerprint density at radius 3 is 2.50 bits per heavy atom. The van der Waals surface area contributed by atoms with Crippen molar-refractivity contribution < 1.29 is 14.3 Å². The highest BCUT2D eigenvalue weighted by Crippen LogP contribution is 1.96. The van der Waals surface area contributed by atoms with Gasteiger partial charge in [-0.05, 0) is 13.3 Å². The van der Waals surface area contributed by atoms with E-state index in [1.54, 1.807) is 6.92 Å². The van der Waals surface area contributed by atoms with E-state index in [-0.39, 0.29) is 5.91 Å². The Morgan fingerprint density at radius 2 is 1.88 bits per heavy atom. The minimum atomic E-state index is -0.483. The van der Waals surface area contributed by atoms with E-state index in [9.17, 15) is 9.59 Å². The van der Waals surface area contributed by atoms with E-state index in [0.29, 0.717) is 13.2 Å². The van der Waals surface area contributed by atoms with Gasteiger partial charge in [0.25, 0.3) is 0 Å². The summed E-state index contributed by atoms with van der Waals surface area (Å²) in [5, 5.41) is 2.71. The van der Waals surface area contributed by atoms with Gasteiger partial charge in [0, 0.05) is 18.7 Å². The molecule has 0 saturated carbocycles.